The Labute approximate surface area is 217 Å². The van der Waals surface area contributed by atoms with E-state index in [1.165, 1.54) is 0 Å². The van der Waals surface area contributed by atoms with Crippen LogP contribution in [0.5, 0.6) is 5.75 Å². The number of hydrogen-bond acceptors (Lipinski definition) is 3. The molecule has 2 atom stereocenters. The Bertz CT molecular complexity index is 1110. The molecule has 3 rings (SSSR count). The number of nitrogens with one attached hydrogen (secondary N) is 1. The maximum atomic E-state index is 13.5. The first-order chi connectivity index (χ1) is 16.9. The standard InChI is InChI=1S/C28H30Cl2N2O3/c1-3-20(2)31-28(34)26(17-21-8-5-4-6-9-21)32(18-22-10-7-11-24(30)16-22)27(33)19-35-25-14-12-23(29)13-15-25/h4-16,20,26H,3,17-19H2,1-2H3,(H,31,34). The minimum atomic E-state index is -0.730. The highest BCUT2D eigenvalue weighted by Gasteiger charge is 2.31. The number of ether oxygens (including phenoxy) is 1. The minimum absolute atomic E-state index is 0.0192. The van der Waals surface area contributed by atoms with Crippen LogP contribution < -0.4 is 10.1 Å². The second-order valence-electron chi connectivity index (χ2n) is 8.42. The molecule has 2 amide bonds. The van der Waals surface area contributed by atoms with Gasteiger partial charge < -0.3 is 15.0 Å². The van der Waals surface area contributed by atoms with Gasteiger partial charge in [-0.3, -0.25) is 9.59 Å². The summed E-state index contributed by atoms with van der Waals surface area (Å²) in [6, 6.07) is 23.0. The third kappa shape index (κ3) is 8.30. The number of halogens is 2. The van der Waals surface area contributed by atoms with E-state index in [0.29, 0.717) is 22.2 Å². The molecule has 0 saturated heterocycles. The predicted molar refractivity (Wildman–Crippen MR) is 141 cm³/mol. The first-order valence-electron chi connectivity index (χ1n) is 11.6. The lowest BCUT2D eigenvalue weighted by atomic mass is 10.0. The molecule has 0 heterocycles. The van der Waals surface area contributed by atoms with Crippen molar-refractivity contribution < 1.29 is 14.3 Å². The summed E-state index contributed by atoms with van der Waals surface area (Å²) in [6.07, 6.45) is 1.15. The third-order valence-corrected chi connectivity index (χ3v) is 6.18. The second kappa shape index (κ2) is 13.2. The lowest BCUT2D eigenvalue weighted by Gasteiger charge is -2.32. The summed E-state index contributed by atoms with van der Waals surface area (Å²) < 4.78 is 5.74. The van der Waals surface area contributed by atoms with Gasteiger partial charge in [0.25, 0.3) is 5.91 Å². The summed E-state index contributed by atoms with van der Waals surface area (Å²) in [5.41, 5.74) is 1.78. The lowest BCUT2D eigenvalue weighted by Crippen LogP contribution is -2.53. The van der Waals surface area contributed by atoms with Gasteiger partial charge >= 0.3 is 0 Å². The number of hydrogen-bond donors (Lipinski definition) is 1. The van der Waals surface area contributed by atoms with Gasteiger partial charge in [0.15, 0.2) is 6.61 Å². The van der Waals surface area contributed by atoms with Gasteiger partial charge in [0, 0.05) is 29.1 Å². The van der Waals surface area contributed by atoms with Gasteiger partial charge in [-0.25, -0.2) is 0 Å². The number of amides is 2. The van der Waals surface area contributed by atoms with E-state index in [2.05, 4.69) is 5.32 Å². The zero-order valence-electron chi connectivity index (χ0n) is 19.9. The number of benzene rings is 3. The molecule has 3 aromatic rings. The number of rotatable bonds is 11. The van der Waals surface area contributed by atoms with Gasteiger partial charge in [0.1, 0.15) is 11.8 Å². The van der Waals surface area contributed by atoms with E-state index in [9.17, 15) is 9.59 Å². The van der Waals surface area contributed by atoms with Gasteiger partial charge in [-0.05, 0) is 60.9 Å². The fourth-order valence-corrected chi connectivity index (χ4v) is 3.92. The highest BCUT2D eigenvalue weighted by Crippen LogP contribution is 2.19. The van der Waals surface area contributed by atoms with Crippen LogP contribution in [0.3, 0.4) is 0 Å². The van der Waals surface area contributed by atoms with Crippen LogP contribution in [0.25, 0.3) is 0 Å². The Hall–Kier alpha value is -3.02. The van der Waals surface area contributed by atoms with Crippen LogP contribution >= 0.6 is 23.2 Å². The topological polar surface area (TPSA) is 58.6 Å². The fourth-order valence-electron chi connectivity index (χ4n) is 3.59. The molecule has 0 aliphatic rings. The van der Waals surface area contributed by atoms with Gasteiger partial charge in [-0.1, -0.05) is 72.6 Å². The second-order valence-corrected chi connectivity index (χ2v) is 9.29. The van der Waals surface area contributed by atoms with Crippen LogP contribution in [0, 0.1) is 0 Å². The molecular formula is C28H30Cl2N2O3. The molecule has 7 heteroatoms. The molecule has 3 aromatic carbocycles. The predicted octanol–water partition coefficient (Wildman–Crippen LogP) is 5.93. The summed E-state index contributed by atoms with van der Waals surface area (Å²) >= 11 is 12.2. The summed E-state index contributed by atoms with van der Waals surface area (Å²) in [5, 5.41) is 4.19. The van der Waals surface area contributed by atoms with Gasteiger partial charge in [-0.2, -0.15) is 0 Å². The number of carbonyl (C=O) groups excluding carboxylic acids is 2. The van der Waals surface area contributed by atoms with Crippen molar-refractivity contribution in [3.63, 3.8) is 0 Å². The Balaban J connectivity index is 1.90. The van der Waals surface area contributed by atoms with Crippen molar-refractivity contribution in [1.82, 2.24) is 10.2 Å². The zero-order valence-corrected chi connectivity index (χ0v) is 21.4. The monoisotopic (exact) mass is 512 g/mol. The summed E-state index contributed by atoms with van der Waals surface area (Å²) in [7, 11) is 0. The SMILES string of the molecule is CCC(C)NC(=O)C(Cc1ccccc1)N(Cc1cccc(Cl)c1)C(=O)COc1ccc(Cl)cc1. The first kappa shape index (κ1) is 26.6. The maximum Gasteiger partial charge on any atom is 0.261 e. The fraction of sp³-hybridized carbons (Fsp3) is 0.286. The van der Waals surface area contributed by atoms with E-state index in [-0.39, 0.29) is 31.0 Å². The maximum absolute atomic E-state index is 13.5. The zero-order chi connectivity index (χ0) is 25.2. The summed E-state index contributed by atoms with van der Waals surface area (Å²) in [5.74, 6) is 0.0133. The van der Waals surface area contributed by atoms with Crippen molar-refractivity contribution in [3.8, 4) is 5.75 Å². The Morgan fingerprint density at radius 2 is 1.60 bits per heavy atom. The Morgan fingerprint density at radius 1 is 0.914 bits per heavy atom. The summed E-state index contributed by atoms with van der Waals surface area (Å²) in [6.45, 7) is 3.95. The van der Waals surface area contributed by atoms with Crippen LogP contribution in [0.1, 0.15) is 31.4 Å². The van der Waals surface area contributed by atoms with Gasteiger partial charge in [0.05, 0.1) is 0 Å². The first-order valence-corrected chi connectivity index (χ1v) is 12.4. The molecule has 0 saturated carbocycles. The van der Waals surface area contributed by atoms with Crippen molar-refractivity contribution in [2.75, 3.05) is 6.61 Å². The average Bonchev–Trinajstić information content (AvgIpc) is 2.86. The Kier molecular flexibility index (Phi) is 10.0. The molecule has 0 aliphatic heterocycles. The van der Waals surface area contributed by atoms with Crippen molar-refractivity contribution in [2.45, 2.75) is 45.3 Å². The average molecular weight is 513 g/mol. The molecule has 0 fully saturated rings. The highest BCUT2D eigenvalue weighted by molar-refractivity contribution is 6.30. The molecule has 5 nitrogen and oxygen atoms in total. The molecule has 2 unspecified atom stereocenters. The van der Waals surface area contributed by atoms with Crippen molar-refractivity contribution in [2.24, 2.45) is 0 Å². The molecule has 0 aromatic heterocycles. The van der Waals surface area contributed by atoms with Crippen molar-refractivity contribution in [1.29, 1.82) is 0 Å². The molecule has 0 bridgehead atoms. The smallest absolute Gasteiger partial charge is 0.261 e. The van der Waals surface area contributed by atoms with Gasteiger partial charge in [-0.15, -0.1) is 0 Å². The van der Waals surface area contributed by atoms with E-state index >= 15 is 0 Å². The minimum Gasteiger partial charge on any atom is -0.484 e. The quantitative estimate of drug-likeness (QED) is 0.346. The van der Waals surface area contributed by atoms with E-state index in [0.717, 1.165) is 17.5 Å². The number of nitrogens with zero attached hydrogens (tertiary/aromatic N) is 1. The van der Waals surface area contributed by atoms with E-state index in [1.54, 1.807) is 41.3 Å². The lowest BCUT2D eigenvalue weighted by molar-refractivity contribution is -0.143. The van der Waals surface area contributed by atoms with Crippen molar-refractivity contribution >= 4 is 35.0 Å². The van der Waals surface area contributed by atoms with Crippen LogP contribution in [0.15, 0.2) is 78.9 Å². The molecule has 35 heavy (non-hydrogen) atoms. The van der Waals surface area contributed by atoms with Crippen molar-refractivity contribution in [3.05, 3.63) is 100 Å². The van der Waals surface area contributed by atoms with E-state index in [1.807, 2.05) is 56.3 Å². The third-order valence-electron chi connectivity index (χ3n) is 5.69. The normalized spacial score (nSPS) is 12.5. The van der Waals surface area contributed by atoms with E-state index in [4.69, 9.17) is 27.9 Å². The van der Waals surface area contributed by atoms with Gasteiger partial charge in [0.2, 0.25) is 5.91 Å². The van der Waals surface area contributed by atoms with Crippen LogP contribution in [-0.4, -0.2) is 35.4 Å². The molecule has 0 aliphatic carbocycles. The molecule has 184 valence electrons. The van der Waals surface area contributed by atoms with E-state index < -0.39 is 6.04 Å². The van der Waals surface area contributed by atoms with Crippen LogP contribution in [0.4, 0.5) is 0 Å². The molecule has 0 spiro atoms. The molecule has 1 N–H and O–H groups in total. The largest absolute Gasteiger partial charge is 0.484 e. The Morgan fingerprint density at radius 3 is 2.26 bits per heavy atom. The number of carbonyl (C=O) groups is 2. The van der Waals surface area contributed by atoms with Crippen LogP contribution in [0.2, 0.25) is 10.0 Å². The molecular weight excluding hydrogens is 483 g/mol. The van der Waals surface area contributed by atoms with Crippen LogP contribution in [-0.2, 0) is 22.6 Å². The highest BCUT2D eigenvalue weighted by atomic mass is 35.5. The summed E-state index contributed by atoms with van der Waals surface area (Å²) in [4.78, 5) is 28.5. The molecule has 0 radical (unpaired) electrons.